The average molecular weight is 628 g/mol. The summed E-state index contributed by atoms with van der Waals surface area (Å²) in [4.78, 5) is 0.143. The van der Waals surface area contributed by atoms with Crippen LogP contribution in [0.4, 0.5) is 0 Å². The summed E-state index contributed by atoms with van der Waals surface area (Å²) in [6.07, 6.45) is 0. The Hall–Kier alpha value is -1.85. The fraction of sp³-hybridized carbons (Fsp3) is 0.273. The van der Waals surface area contributed by atoms with E-state index in [9.17, 15) is 8.42 Å². The Balaban J connectivity index is 0.000000346. The summed E-state index contributed by atoms with van der Waals surface area (Å²) in [7, 11) is -3.87. The molecular weight excluding hydrogens is 590 g/mol. The van der Waals surface area contributed by atoms with Gasteiger partial charge in [0, 0.05) is 4.90 Å². The van der Waals surface area contributed by atoms with Crippen LogP contribution in [0.5, 0.6) is 0 Å². The summed E-state index contributed by atoms with van der Waals surface area (Å²) in [6.45, 7) is 15.2. The van der Waals surface area contributed by atoms with E-state index in [0.717, 1.165) is 11.1 Å². The van der Waals surface area contributed by atoms with Crippen LogP contribution in [0.25, 0.3) is 10.5 Å². The van der Waals surface area contributed by atoms with Crippen LogP contribution in [0, 0.1) is 42.4 Å². The van der Waals surface area contributed by atoms with Crippen LogP contribution in [0.15, 0.2) is 89.8 Å². The molecule has 4 rings (SSSR count). The van der Waals surface area contributed by atoms with E-state index in [2.05, 4.69) is 46.3 Å². The molecule has 0 amide bonds. The number of rotatable bonds is 6. The molecule has 0 aliphatic heterocycles. The van der Waals surface area contributed by atoms with Crippen molar-refractivity contribution in [3.8, 4) is 0 Å². The maximum atomic E-state index is 12.8. The quantitative estimate of drug-likeness (QED) is 0.256. The topological polar surface area (TPSA) is 72.0 Å². The van der Waals surface area contributed by atoms with E-state index in [-0.39, 0.29) is 24.4 Å². The number of nitrogens with one attached hydrogen (secondary N) is 1. The normalized spacial score (nSPS) is 18.1. The van der Waals surface area contributed by atoms with Crippen molar-refractivity contribution in [2.24, 2.45) is 0 Å². The second-order valence-corrected chi connectivity index (χ2v) is 11.5. The molecule has 1 fully saturated rings. The van der Waals surface area contributed by atoms with Gasteiger partial charge in [0.2, 0.25) is 0 Å². The number of hydrogen-bond acceptors (Lipinski definition) is 2. The Morgan fingerprint density at radius 2 is 0.923 bits per heavy atom. The van der Waals surface area contributed by atoms with Gasteiger partial charge in [-0.05, 0) is 54.6 Å². The first-order chi connectivity index (χ1) is 17.9. The van der Waals surface area contributed by atoms with Crippen LogP contribution >= 0.6 is 0 Å². The molecule has 39 heavy (non-hydrogen) atoms. The molecule has 206 valence electrons. The molecule has 0 bridgehead atoms. The molecule has 0 unspecified atom stereocenters. The standard InChI is InChI=1S/C21H20N2O2S.C12H18.Ru/c1-16-12-14-19(15-13-16)26(24,25)23-21(18-10-6-3-7-11-18)20(22)17-8-4-2-5-9-17;1-7-8(2)10(4)12(6)11(5)9(7)3;/h2-15,20-22H,1H3;1-6H3;/q-2;;+2/t20-,21-;;/m0../s1. The maximum Gasteiger partial charge on any atom is 2.00 e. The molecule has 1 aliphatic rings. The number of sulfonamides is 1. The van der Waals surface area contributed by atoms with Gasteiger partial charge in [-0.15, -0.1) is 12.1 Å². The summed E-state index contributed by atoms with van der Waals surface area (Å²) in [5, 5.41) is 0. The second kappa shape index (κ2) is 14.7. The largest absolute Gasteiger partial charge is 2.00 e. The SMILES string of the molecule is C[C]1[C](C)[C](C)[C](C)[C](C)[C]1C.Cc1ccc(S(=O)(=O)[N-][C@@H](c2ccccc2)[C@@H]([NH-])c2ccccc2)cc1.[Ru+2]. The summed E-state index contributed by atoms with van der Waals surface area (Å²) < 4.78 is 29.8. The molecule has 0 spiro atoms. The van der Waals surface area contributed by atoms with Gasteiger partial charge in [-0.2, -0.15) is 0 Å². The molecule has 1 aliphatic carbocycles. The van der Waals surface area contributed by atoms with E-state index in [4.69, 9.17) is 5.73 Å². The number of benzene rings is 3. The van der Waals surface area contributed by atoms with E-state index < -0.39 is 22.1 Å². The van der Waals surface area contributed by atoms with Gasteiger partial charge >= 0.3 is 19.5 Å². The Labute approximate surface area is 250 Å². The Morgan fingerprint density at radius 3 is 1.31 bits per heavy atom. The maximum absolute atomic E-state index is 12.8. The third-order valence-electron chi connectivity index (χ3n) is 7.56. The second-order valence-electron chi connectivity index (χ2n) is 9.89. The summed E-state index contributed by atoms with van der Waals surface area (Å²) in [5.41, 5.74) is 11.0. The Kier molecular flexibility index (Phi) is 12.6. The van der Waals surface area contributed by atoms with Crippen LogP contribution in [0.3, 0.4) is 0 Å². The monoisotopic (exact) mass is 628 g/mol. The van der Waals surface area contributed by atoms with E-state index in [1.165, 1.54) is 35.5 Å². The molecule has 6 radical (unpaired) electrons. The predicted octanol–water partition coefficient (Wildman–Crippen LogP) is 9.16. The van der Waals surface area contributed by atoms with Crippen molar-refractivity contribution in [3.63, 3.8) is 0 Å². The van der Waals surface area contributed by atoms with Gasteiger partial charge in [0.1, 0.15) is 10.0 Å². The van der Waals surface area contributed by atoms with Gasteiger partial charge < -0.3 is 10.5 Å². The van der Waals surface area contributed by atoms with Crippen LogP contribution in [-0.2, 0) is 29.5 Å². The van der Waals surface area contributed by atoms with Crippen molar-refractivity contribution in [1.82, 2.24) is 0 Å². The summed E-state index contributed by atoms with van der Waals surface area (Å²) in [5.74, 6) is 8.73. The molecule has 2 atom stereocenters. The fourth-order valence-corrected chi connectivity index (χ4v) is 5.56. The molecule has 0 aromatic heterocycles. The minimum atomic E-state index is -3.87. The van der Waals surface area contributed by atoms with Crippen LogP contribution < -0.4 is 0 Å². The van der Waals surface area contributed by atoms with Gasteiger partial charge in [0.25, 0.3) is 0 Å². The number of nitrogens with zero attached hydrogens (tertiary/aromatic N) is 1. The first-order valence-corrected chi connectivity index (χ1v) is 14.3. The molecular formula is C33H38N2O2RuS. The van der Waals surface area contributed by atoms with Gasteiger partial charge in [-0.1, -0.05) is 131 Å². The third kappa shape index (κ3) is 8.33. The zero-order valence-corrected chi connectivity index (χ0v) is 26.3. The zero-order chi connectivity index (χ0) is 28.0. The van der Waals surface area contributed by atoms with Crippen molar-refractivity contribution in [2.45, 2.75) is 65.4 Å². The molecule has 0 heterocycles. The molecule has 1 N–H and O–H groups in total. The molecule has 3 aromatic carbocycles. The third-order valence-corrected chi connectivity index (χ3v) is 8.93. The minimum absolute atomic E-state index is 0. The molecule has 3 aromatic rings. The molecule has 1 saturated carbocycles. The van der Waals surface area contributed by atoms with E-state index in [1.54, 1.807) is 24.3 Å². The minimum Gasteiger partial charge on any atom is -0.672 e. The average Bonchev–Trinajstić information content (AvgIpc) is 2.94. The van der Waals surface area contributed by atoms with Crippen LogP contribution in [0.1, 0.15) is 70.3 Å². The van der Waals surface area contributed by atoms with Crippen LogP contribution in [-0.4, -0.2) is 8.42 Å². The first kappa shape index (κ1) is 33.4. The van der Waals surface area contributed by atoms with Crippen molar-refractivity contribution in [2.75, 3.05) is 0 Å². The van der Waals surface area contributed by atoms with Gasteiger partial charge in [0.15, 0.2) is 0 Å². The summed E-state index contributed by atoms with van der Waals surface area (Å²) >= 11 is 0. The van der Waals surface area contributed by atoms with Crippen molar-refractivity contribution < 1.29 is 27.9 Å². The predicted molar refractivity (Wildman–Crippen MR) is 158 cm³/mol. The van der Waals surface area contributed by atoms with Crippen molar-refractivity contribution >= 4 is 10.0 Å². The van der Waals surface area contributed by atoms with Gasteiger partial charge in [-0.25, -0.2) is 8.42 Å². The Bertz CT molecular complexity index is 1180. The molecule has 0 saturated heterocycles. The van der Waals surface area contributed by atoms with E-state index >= 15 is 0 Å². The first-order valence-electron chi connectivity index (χ1n) is 12.8. The van der Waals surface area contributed by atoms with Crippen molar-refractivity contribution in [3.05, 3.63) is 148 Å². The molecule has 6 heteroatoms. The Morgan fingerprint density at radius 1 is 0.564 bits per heavy atom. The number of aryl methyl sites for hydroxylation is 1. The van der Waals surface area contributed by atoms with Crippen molar-refractivity contribution in [1.29, 1.82) is 0 Å². The smallest absolute Gasteiger partial charge is 0.672 e. The molecule has 4 nitrogen and oxygen atoms in total. The number of hydrogen-bond donors (Lipinski definition) is 0. The fourth-order valence-electron chi connectivity index (χ4n) is 4.42. The zero-order valence-electron chi connectivity index (χ0n) is 23.8. The van der Waals surface area contributed by atoms with Gasteiger partial charge in [0.05, 0.1) is 0 Å². The van der Waals surface area contributed by atoms with E-state index in [1.807, 2.05) is 67.6 Å². The van der Waals surface area contributed by atoms with E-state index in [0.29, 0.717) is 5.56 Å². The summed E-state index contributed by atoms with van der Waals surface area (Å²) in [6, 6.07) is 23.3. The van der Waals surface area contributed by atoms with Crippen LogP contribution in [0.2, 0.25) is 0 Å². The van der Waals surface area contributed by atoms with Gasteiger partial charge in [-0.3, -0.25) is 0 Å².